The summed E-state index contributed by atoms with van der Waals surface area (Å²) in [6.07, 6.45) is 0. The van der Waals surface area contributed by atoms with Gasteiger partial charge >= 0.3 is 0 Å². The van der Waals surface area contributed by atoms with Gasteiger partial charge < -0.3 is 9.84 Å². The second-order valence-corrected chi connectivity index (χ2v) is 5.62. The third kappa shape index (κ3) is 2.39. The molecule has 3 heteroatoms. The lowest BCUT2D eigenvalue weighted by Crippen LogP contribution is -2.17. The Labute approximate surface area is 118 Å². The number of hydrogen-bond acceptors (Lipinski definition) is 3. The van der Waals surface area contributed by atoms with E-state index in [0.29, 0.717) is 18.1 Å². The van der Waals surface area contributed by atoms with Crippen LogP contribution in [0.4, 0.5) is 0 Å². The van der Waals surface area contributed by atoms with E-state index < -0.39 is 0 Å². The molecule has 20 heavy (non-hydrogen) atoms. The molecule has 2 aromatic carbocycles. The van der Waals surface area contributed by atoms with Gasteiger partial charge in [-0.05, 0) is 37.1 Å². The van der Waals surface area contributed by atoms with E-state index in [1.165, 1.54) is 0 Å². The van der Waals surface area contributed by atoms with E-state index in [1.807, 2.05) is 56.3 Å². The van der Waals surface area contributed by atoms with Crippen LogP contribution in [-0.4, -0.2) is 23.2 Å². The Morgan fingerprint density at radius 3 is 2.45 bits per heavy atom. The van der Waals surface area contributed by atoms with Gasteiger partial charge in [-0.2, -0.15) is 0 Å². The topological polar surface area (TPSA) is 41.8 Å². The van der Waals surface area contributed by atoms with Gasteiger partial charge in [-0.3, -0.25) is 0 Å². The van der Waals surface area contributed by atoms with E-state index in [0.717, 1.165) is 11.1 Å². The molecule has 0 aromatic heterocycles. The fraction of sp³-hybridized carbons (Fsp3) is 0.235. The normalized spacial score (nSPS) is 16.6. The summed E-state index contributed by atoms with van der Waals surface area (Å²) in [6.45, 7) is 4.56. The summed E-state index contributed by atoms with van der Waals surface area (Å²) < 4.78 is 5.62. The minimum Gasteiger partial charge on any atom is -0.507 e. The first-order valence-electron chi connectivity index (χ1n) is 6.67. The monoisotopic (exact) mass is 267 g/mol. The Hall–Kier alpha value is -2.29. The van der Waals surface area contributed by atoms with Crippen LogP contribution in [0.15, 0.2) is 53.5 Å². The lowest BCUT2D eigenvalue weighted by molar-refractivity contribution is 0.279. The van der Waals surface area contributed by atoms with Crippen LogP contribution >= 0.6 is 0 Å². The van der Waals surface area contributed by atoms with Gasteiger partial charge in [0.1, 0.15) is 12.4 Å². The summed E-state index contributed by atoms with van der Waals surface area (Å²) in [6, 6.07) is 15.6. The van der Waals surface area contributed by atoms with Crippen LogP contribution in [0, 0.1) is 0 Å². The predicted octanol–water partition coefficient (Wildman–Crippen LogP) is 3.61. The molecule has 0 fully saturated rings. The van der Waals surface area contributed by atoms with Crippen molar-refractivity contribution in [2.45, 2.75) is 19.4 Å². The highest BCUT2D eigenvalue weighted by Crippen LogP contribution is 2.29. The maximum absolute atomic E-state index is 10.1. The highest BCUT2D eigenvalue weighted by Gasteiger charge is 2.28. The van der Waals surface area contributed by atoms with Crippen LogP contribution in [0.5, 0.6) is 5.75 Å². The van der Waals surface area contributed by atoms with Crippen LogP contribution in [-0.2, 0) is 4.74 Å². The molecular formula is C17H17NO2. The first kappa shape index (κ1) is 12.7. The molecule has 1 aliphatic rings. The van der Waals surface area contributed by atoms with Crippen molar-refractivity contribution in [3.05, 3.63) is 54.1 Å². The molecule has 1 heterocycles. The van der Waals surface area contributed by atoms with E-state index in [2.05, 4.69) is 4.99 Å². The summed E-state index contributed by atoms with van der Waals surface area (Å²) in [5.74, 6) is 0.714. The van der Waals surface area contributed by atoms with Crippen LogP contribution in [0.3, 0.4) is 0 Å². The average molecular weight is 267 g/mol. The van der Waals surface area contributed by atoms with Crippen molar-refractivity contribution < 1.29 is 9.84 Å². The first-order valence-corrected chi connectivity index (χ1v) is 6.67. The van der Waals surface area contributed by atoms with Gasteiger partial charge in [-0.1, -0.05) is 36.4 Å². The third-order valence-electron chi connectivity index (χ3n) is 3.30. The highest BCUT2D eigenvalue weighted by molar-refractivity contribution is 5.99. The summed E-state index contributed by atoms with van der Waals surface area (Å²) in [5.41, 5.74) is 2.56. The number of aliphatic imine (C=N–C) groups is 1. The van der Waals surface area contributed by atoms with Crippen molar-refractivity contribution in [2.24, 2.45) is 4.99 Å². The van der Waals surface area contributed by atoms with Gasteiger partial charge in [0.15, 0.2) is 0 Å². The second-order valence-electron chi connectivity index (χ2n) is 5.62. The van der Waals surface area contributed by atoms with Crippen LogP contribution < -0.4 is 0 Å². The van der Waals surface area contributed by atoms with Crippen molar-refractivity contribution in [3.63, 3.8) is 0 Å². The maximum Gasteiger partial charge on any atom is 0.220 e. The Morgan fingerprint density at radius 2 is 1.80 bits per heavy atom. The van der Waals surface area contributed by atoms with Crippen LogP contribution in [0.25, 0.3) is 11.1 Å². The van der Waals surface area contributed by atoms with Crippen LogP contribution in [0.2, 0.25) is 0 Å². The van der Waals surface area contributed by atoms with E-state index in [-0.39, 0.29) is 11.3 Å². The Bertz CT molecular complexity index is 660. The fourth-order valence-electron chi connectivity index (χ4n) is 2.24. The molecular weight excluding hydrogens is 250 g/mol. The van der Waals surface area contributed by atoms with Crippen molar-refractivity contribution in [3.8, 4) is 16.9 Å². The predicted molar refractivity (Wildman–Crippen MR) is 80.1 cm³/mol. The first-order chi connectivity index (χ1) is 9.55. The molecule has 3 rings (SSSR count). The molecule has 0 radical (unpaired) electrons. The van der Waals surface area contributed by atoms with E-state index in [4.69, 9.17) is 4.74 Å². The molecule has 0 amide bonds. The summed E-state index contributed by atoms with van der Waals surface area (Å²) >= 11 is 0. The molecule has 1 aliphatic heterocycles. The van der Waals surface area contributed by atoms with Gasteiger partial charge in [0.25, 0.3) is 0 Å². The van der Waals surface area contributed by atoms with Gasteiger partial charge in [0.2, 0.25) is 5.90 Å². The van der Waals surface area contributed by atoms with Crippen molar-refractivity contribution in [1.29, 1.82) is 0 Å². The molecule has 0 bridgehead atoms. The lowest BCUT2D eigenvalue weighted by Gasteiger charge is -2.08. The minimum atomic E-state index is -0.232. The number of aromatic hydroxyl groups is 1. The molecule has 0 spiro atoms. The molecule has 0 atom stereocenters. The van der Waals surface area contributed by atoms with E-state index in [1.54, 1.807) is 6.07 Å². The number of hydrogen-bond donors (Lipinski definition) is 1. The molecule has 2 aromatic rings. The van der Waals surface area contributed by atoms with E-state index in [9.17, 15) is 5.11 Å². The van der Waals surface area contributed by atoms with Crippen molar-refractivity contribution >= 4 is 5.90 Å². The summed E-state index contributed by atoms with van der Waals surface area (Å²) in [4.78, 5) is 4.52. The van der Waals surface area contributed by atoms with Gasteiger partial charge in [0, 0.05) is 0 Å². The molecule has 0 saturated heterocycles. The maximum atomic E-state index is 10.1. The zero-order valence-electron chi connectivity index (χ0n) is 11.6. The summed E-state index contributed by atoms with van der Waals surface area (Å²) in [5, 5.41) is 10.1. The molecule has 0 saturated carbocycles. The molecule has 1 N–H and O–H groups in total. The zero-order chi connectivity index (χ0) is 14.2. The van der Waals surface area contributed by atoms with Crippen molar-refractivity contribution in [2.75, 3.05) is 6.61 Å². The van der Waals surface area contributed by atoms with Crippen LogP contribution in [0.1, 0.15) is 19.4 Å². The zero-order valence-corrected chi connectivity index (χ0v) is 11.6. The number of phenolic OH excluding ortho intramolecular Hbond substituents is 1. The Balaban J connectivity index is 2.05. The smallest absolute Gasteiger partial charge is 0.220 e. The van der Waals surface area contributed by atoms with Gasteiger partial charge in [-0.15, -0.1) is 0 Å². The Kier molecular flexibility index (Phi) is 2.97. The van der Waals surface area contributed by atoms with Crippen molar-refractivity contribution in [1.82, 2.24) is 0 Å². The number of phenols is 1. The quantitative estimate of drug-likeness (QED) is 0.903. The minimum absolute atomic E-state index is 0.195. The number of benzene rings is 2. The highest BCUT2D eigenvalue weighted by atomic mass is 16.5. The molecule has 102 valence electrons. The van der Waals surface area contributed by atoms with Gasteiger partial charge in [-0.25, -0.2) is 4.99 Å². The standard InChI is InChI=1S/C17H17NO2/c1-17(2)11-20-16(18-17)14-10-13(8-9-15(14)19)12-6-4-3-5-7-12/h3-10,19H,11H2,1-2H3. The largest absolute Gasteiger partial charge is 0.507 e. The third-order valence-corrected chi connectivity index (χ3v) is 3.30. The number of rotatable bonds is 2. The molecule has 3 nitrogen and oxygen atoms in total. The Morgan fingerprint density at radius 1 is 1.05 bits per heavy atom. The number of nitrogens with zero attached hydrogens (tertiary/aromatic N) is 1. The summed E-state index contributed by atoms with van der Waals surface area (Å²) in [7, 11) is 0. The van der Waals surface area contributed by atoms with Gasteiger partial charge in [0.05, 0.1) is 11.1 Å². The molecule has 0 aliphatic carbocycles. The second kappa shape index (κ2) is 4.67. The SMILES string of the molecule is CC1(C)COC(c2cc(-c3ccccc3)ccc2O)=N1. The fourth-order valence-corrected chi connectivity index (χ4v) is 2.24. The average Bonchev–Trinajstić information content (AvgIpc) is 2.80. The van der Waals surface area contributed by atoms with E-state index >= 15 is 0 Å². The molecule has 0 unspecified atom stereocenters. The number of ether oxygens (including phenoxy) is 1. The lowest BCUT2D eigenvalue weighted by atomic mass is 10.0.